The number of nitrogens with zero attached hydrogens (tertiary/aromatic N) is 2. The Morgan fingerprint density at radius 1 is 1.00 bits per heavy atom. The van der Waals surface area contributed by atoms with Crippen molar-refractivity contribution in [3.05, 3.63) is 29.3 Å². The Morgan fingerprint density at radius 2 is 1.79 bits per heavy atom. The molecule has 0 spiro atoms. The molecular weight excluding hydrogens is 372 g/mol. The van der Waals surface area contributed by atoms with E-state index in [0.717, 1.165) is 31.1 Å². The molecule has 5 rings (SSSR count). The predicted molar refractivity (Wildman–Crippen MR) is 107 cm³/mol. The highest BCUT2D eigenvalue weighted by Gasteiger charge is 2.41. The van der Waals surface area contributed by atoms with E-state index in [-0.39, 0.29) is 5.91 Å². The fourth-order valence-electron chi connectivity index (χ4n) is 6.02. The Morgan fingerprint density at radius 3 is 2.50 bits per heavy atom. The first-order chi connectivity index (χ1) is 13.5. The summed E-state index contributed by atoms with van der Waals surface area (Å²) < 4.78 is 27.7. The number of amides is 1. The Bertz CT molecular complexity index is 874. The summed E-state index contributed by atoms with van der Waals surface area (Å²) in [5.41, 5.74) is 2.47. The highest BCUT2D eigenvalue weighted by molar-refractivity contribution is 7.89. The summed E-state index contributed by atoms with van der Waals surface area (Å²) in [5, 5.41) is 0. The lowest BCUT2D eigenvalue weighted by atomic mass is 9.86. The van der Waals surface area contributed by atoms with Gasteiger partial charge < -0.3 is 4.90 Å². The molecule has 3 fully saturated rings. The zero-order chi connectivity index (χ0) is 19.3. The van der Waals surface area contributed by atoms with Crippen molar-refractivity contribution in [3.8, 4) is 0 Å². The monoisotopic (exact) mass is 402 g/mol. The lowest BCUT2D eigenvalue weighted by molar-refractivity contribution is -0.133. The molecule has 1 heterocycles. The first kappa shape index (κ1) is 18.6. The van der Waals surface area contributed by atoms with Crippen LogP contribution >= 0.6 is 0 Å². The van der Waals surface area contributed by atoms with E-state index in [2.05, 4.69) is 0 Å². The number of rotatable bonds is 4. The van der Waals surface area contributed by atoms with Gasteiger partial charge in [0.15, 0.2) is 0 Å². The molecular formula is C22H30N2O3S. The average Bonchev–Trinajstić information content (AvgIpc) is 3.44. The number of hydrogen-bond acceptors (Lipinski definition) is 3. The Balaban J connectivity index is 1.20. The highest BCUT2D eigenvalue weighted by Crippen LogP contribution is 2.49. The van der Waals surface area contributed by atoms with Crippen molar-refractivity contribution in [1.29, 1.82) is 0 Å². The third-order valence-electron chi connectivity index (χ3n) is 7.62. The third-order valence-corrected chi connectivity index (χ3v) is 9.52. The van der Waals surface area contributed by atoms with E-state index in [4.69, 9.17) is 0 Å². The van der Waals surface area contributed by atoms with Crippen molar-refractivity contribution >= 4 is 15.9 Å². The molecule has 2 saturated carbocycles. The van der Waals surface area contributed by atoms with Crippen LogP contribution in [0.2, 0.25) is 0 Å². The molecule has 3 atom stereocenters. The van der Waals surface area contributed by atoms with Gasteiger partial charge in [-0.05, 0) is 79.5 Å². The number of benzene rings is 1. The molecule has 28 heavy (non-hydrogen) atoms. The fraction of sp³-hybridized carbons (Fsp3) is 0.682. The van der Waals surface area contributed by atoms with Gasteiger partial charge in [-0.25, -0.2) is 8.42 Å². The maximum atomic E-state index is 13.1. The molecule has 3 aliphatic carbocycles. The van der Waals surface area contributed by atoms with Crippen LogP contribution in [-0.4, -0.2) is 49.7 Å². The molecule has 1 aliphatic heterocycles. The second-order valence-electron chi connectivity index (χ2n) is 9.21. The van der Waals surface area contributed by atoms with Gasteiger partial charge in [0.25, 0.3) is 0 Å². The smallest absolute Gasteiger partial charge is 0.243 e. The van der Waals surface area contributed by atoms with Gasteiger partial charge >= 0.3 is 0 Å². The minimum absolute atomic E-state index is 0.229. The largest absolute Gasteiger partial charge is 0.340 e. The fourth-order valence-corrected chi connectivity index (χ4v) is 7.49. The van der Waals surface area contributed by atoms with E-state index in [0.29, 0.717) is 43.4 Å². The molecule has 1 aromatic carbocycles. The molecule has 0 radical (unpaired) electrons. The summed E-state index contributed by atoms with van der Waals surface area (Å²) in [6.07, 6.45) is 9.02. The van der Waals surface area contributed by atoms with Gasteiger partial charge in [0.05, 0.1) is 4.90 Å². The lowest BCUT2D eigenvalue weighted by Crippen LogP contribution is -2.50. The van der Waals surface area contributed by atoms with Crippen LogP contribution in [0.3, 0.4) is 0 Å². The van der Waals surface area contributed by atoms with Crippen LogP contribution < -0.4 is 0 Å². The maximum Gasteiger partial charge on any atom is 0.243 e. The minimum atomic E-state index is -3.47. The van der Waals surface area contributed by atoms with Crippen LogP contribution in [0.5, 0.6) is 0 Å². The number of aryl methyl sites for hydroxylation is 2. The number of carbonyl (C=O) groups excluding carboxylic acids is 1. The van der Waals surface area contributed by atoms with Crippen molar-refractivity contribution in [1.82, 2.24) is 9.21 Å². The average molecular weight is 403 g/mol. The van der Waals surface area contributed by atoms with Crippen molar-refractivity contribution in [2.45, 2.75) is 56.3 Å². The van der Waals surface area contributed by atoms with Gasteiger partial charge in [-0.2, -0.15) is 4.31 Å². The van der Waals surface area contributed by atoms with E-state index >= 15 is 0 Å². The van der Waals surface area contributed by atoms with Crippen LogP contribution in [0.1, 0.15) is 49.7 Å². The molecule has 4 aliphatic rings. The SMILES string of the molecule is O=C(C[C@@H]1C[C@H]2CC[C@@H]1C2)N1CCN(S(=O)(=O)c2ccc3c(c2)CCC3)CC1. The molecule has 152 valence electrons. The van der Waals surface area contributed by atoms with Crippen LogP contribution in [0.4, 0.5) is 0 Å². The van der Waals surface area contributed by atoms with E-state index in [1.54, 1.807) is 10.4 Å². The van der Waals surface area contributed by atoms with Crippen LogP contribution in [0.15, 0.2) is 23.1 Å². The first-order valence-corrected chi connectivity index (χ1v) is 12.3. The Hall–Kier alpha value is -1.40. The van der Waals surface area contributed by atoms with E-state index in [1.165, 1.54) is 36.8 Å². The summed E-state index contributed by atoms with van der Waals surface area (Å²) in [4.78, 5) is 15.0. The van der Waals surface area contributed by atoms with Crippen LogP contribution in [0, 0.1) is 17.8 Å². The summed E-state index contributed by atoms with van der Waals surface area (Å²) in [5.74, 6) is 2.42. The van der Waals surface area contributed by atoms with Gasteiger partial charge in [0.2, 0.25) is 15.9 Å². The van der Waals surface area contributed by atoms with Gasteiger partial charge in [-0.3, -0.25) is 4.79 Å². The van der Waals surface area contributed by atoms with Gasteiger partial charge in [0.1, 0.15) is 0 Å². The predicted octanol–water partition coefficient (Wildman–Crippen LogP) is 2.83. The van der Waals surface area contributed by atoms with E-state index < -0.39 is 10.0 Å². The zero-order valence-corrected chi connectivity index (χ0v) is 17.3. The topological polar surface area (TPSA) is 57.7 Å². The number of piperazine rings is 1. The molecule has 5 nitrogen and oxygen atoms in total. The molecule has 0 N–H and O–H groups in total. The van der Waals surface area contributed by atoms with Gasteiger partial charge in [0, 0.05) is 32.6 Å². The number of sulfonamides is 1. The third kappa shape index (κ3) is 3.28. The van der Waals surface area contributed by atoms with E-state index in [1.807, 2.05) is 17.0 Å². The highest BCUT2D eigenvalue weighted by atomic mass is 32.2. The second-order valence-corrected chi connectivity index (χ2v) is 11.1. The van der Waals surface area contributed by atoms with Crippen LogP contribution in [-0.2, 0) is 27.7 Å². The molecule has 1 saturated heterocycles. The van der Waals surface area contributed by atoms with Crippen molar-refractivity contribution in [2.75, 3.05) is 26.2 Å². The number of fused-ring (bicyclic) bond motifs is 3. The minimum Gasteiger partial charge on any atom is -0.340 e. The molecule has 0 unspecified atom stereocenters. The van der Waals surface area contributed by atoms with Crippen LogP contribution in [0.25, 0.3) is 0 Å². The molecule has 1 amide bonds. The quantitative estimate of drug-likeness (QED) is 0.778. The van der Waals surface area contributed by atoms with Crippen molar-refractivity contribution in [3.63, 3.8) is 0 Å². The van der Waals surface area contributed by atoms with Gasteiger partial charge in [-0.1, -0.05) is 12.5 Å². The lowest BCUT2D eigenvalue weighted by Gasteiger charge is -2.35. The zero-order valence-electron chi connectivity index (χ0n) is 16.5. The summed E-state index contributed by atoms with van der Waals surface area (Å²) in [7, 11) is -3.47. The molecule has 0 aromatic heterocycles. The Kier molecular flexibility index (Phi) is 4.74. The molecule has 1 aromatic rings. The summed E-state index contributed by atoms with van der Waals surface area (Å²) >= 11 is 0. The normalized spacial score (nSPS) is 30.0. The first-order valence-electron chi connectivity index (χ1n) is 10.9. The van der Waals surface area contributed by atoms with E-state index in [9.17, 15) is 13.2 Å². The number of hydrogen-bond donors (Lipinski definition) is 0. The summed E-state index contributed by atoms with van der Waals surface area (Å²) in [6, 6.07) is 5.60. The van der Waals surface area contributed by atoms with Gasteiger partial charge in [-0.15, -0.1) is 0 Å². The van der Waals surface area contributed by atoms with Crippen molar-refractivity contribution in [2.24, 2.45) is 17.8 Å². The number of carbonyl (C=O) groups is 1. The second kappa shape index (κ2) is 7.13. The maximum absolute atomic E-state index is 13.1. The molecule has 6 heteroatoms. The summed E-state index contributed by atoms with van der Waals surface area (Å²) in [6.45, 7) is 1.84. The van der Waals surface area contributed by atoms with Crippen molar-refractivity contribution < 1.29 is 13.2 Å². The standard InChI is InChI=1S/C22H30N2O3S/c25-22(15-20-13-16-4-5-19(20)12-16)23-8-10-24(11-9-23)28(26,27)21-7-6-17-2-1-3-18(17)14-21/h6-7,14,16,19-20H,1-5,8-13,15H2/t16-,19+,20-/m0/s1. The molecule has 2 bridgehead atoms. The Labute approximate surface area is 168 Å².